The highest BCUT2D eigenvalue weighted by atomic mass is 32.2. The minimum Gasteiger partial charge on any atom is -0.338 e. The standard InChI is InChI=1S/C18H22N6O4S2/c1-11-7-6-8-12(9-11)14-19-13(28-23-14)10-24(5)30(26,27)17-22-21-16(29-17)20-15(25)18(2,3)4/h6-9H,10H2,1-5H3,(H,20,21,25). The quantitative estimate of drug-likeness (QED) is 0.567. The van der Waals surface area contributed by atoms with Gasteiger partial charge in [-0.05, 0) is 13.0 Å². The van der Waals surface area contributed by atoms with Gasteiger partial charge in [-0.15, -0.1) is 10.2 Å². The molecule has 0 fully saturated rings. The van der Waals surface area contributed by atoms with Gasteiger partial charge in [0.1, 0.15) is 0 Å². The van der Waals surface area contributed by atoms with E-state index in [1.165, 1.54) is 7.05 Å². The van der Waals surface area contributed by atoms with E-state index in [0.29, 0.717) is 5.82 Å². The highest BCUT2D eigenvalue weighted by Crippen LogP contribution is 2.26. The molecule has 1 aromatic carbocycles. The molecule has 3 rings (SSSR count). The van der Waals surface area contributed by atoms with Crippen LogP contribution >= 0.6 is 11.3 Å². The minimum atomic E-state index is -3.95. The van der Waals surface area contributed by atoms with Crippen molar-refractivity contribution in [2.45, 2.75) is 38.6 Å². The summed E-state index contributed by atoms with van der Waals surface area (Å²) in [5.74, 6) is 0.233. The van der Waals surface area contributed by atoms with E-state index in [0.717, 1.165) is 26.8 Å². The van der Waals surface area contributed by atoms with Crippen molar-refractivity contribution in [1.29, 1.82) is 0 Å². The number of aryl methyl sites for hydroxylation is 1. The third kappa shape index (κ3) is 4.89. The number of hydrogen-bond acceptors (Lipinski definition) is 9. The molecule has 0 saturated carbocycles. The van der Waals surface area contributed by atoms with E-state index in [9.17, 15) is 13.2 Å². The van der Waals surface area contributed by atoms with E-state index in [2.05, 4.69) is 25.7 Å². The summed E-state index contributed by atoms with van der Waals surface area (Å²) in [7, 11) is -2.57. The minimum absolute atomic E-state index is 0.112. The van der Waals surface area contributed by atoms with Crippen molar-refractivity contribution in [3.63, 3.8) is 0 Å². The molecule has 1 amide bonds. The Labute approximate surface area is 178 Å². The average Bonchev–Trinajstić information content (AvgIpc) is 3.31. The van der Waals surface area contributed by atoms with Gasteiger partial charge in [-0.3, -0.25) is 4.79 Å². The predicted octanol–water partition coefficient (Wildman–Crippen LogP) is 2.70. The molecule has 0 aliphatic carbocycles. The molecule has 0 radical (unpaired) electrons. The number of sulfonamides is 1. The summed E-state index contributed by atoms with van der Waals surface area (Å²) < 4.78 is 31.6. The van der Waals surface area contributed by atoms with Gasteiger partial charge in [0.15, 0.2) is 0 Å². The molecule has 0 atom stereocenters. The summed E-state index contributed by atoms with van der Waals surface area (Å²) in [5, 5.41) is 14.1. The Morgan fingerprint density at radius 1 is 1.27 bits per heavy atom. The van der Waals surface area contributed by atoms with Gasteiger partial charge in [0.25, 0.3) is 10.0 Å². The van der Waals surface area contributed by atoms with Crippen LogP contribution in [0.3, 0.4) is 0 Å². The molecule has 0 aliphatic heterocycles. The summed E-state index contributed by atoms with van der Waals surface area (Å²) >= 11 is 0.776. The van der Waals surface area contributed by atoms with Crippen LogP contribution in [0.25, 0.3) is 11.4 Å². The first-order valence-electron chi connectivity index (χ1n) is 8.98. The first kappa shape index (κ1) is 22.0. The fourth-order valence-corrected chi connectivity index (χ4v) is 4.48. The van der Waals surface area contributed by atoms with Gasteiger partial charge in [-0.1, -0.05) is 61.0 Å². The van der Waals surface area contributed by atoms with Crippen LogP contribution in [0.5, 0.6) is 0 Å². The second kappa shape index (κ2) is 8.20. The van der Waals surface area contributed by atoms with Gasteiger partial charge in [0, 0.05) is 18.0 Å². The SMILES string of the molecule is Cc1cccc(-c2noc(CN(C)S(=O)(=O)c3nnc(NC(=O)C(C)(C)C)s3)n2)c1. The second-order valence-electron chi connectivity index (χ2n) is 7.72. The van der Waals surface area contributed by atoms with Crippen molar-refractivity contribution in [3.05, 3.63) is 35.7 Å². The molecule has 1 N–H and O–H groups in total. The zero-order valence-corrected chi connectivity index (χ0v) is 18.8. The first-order valence-corrected chi connectivity index (χ1v) is 11.2. The van der Waals surface area contributed by atoms with Crippen LogP contribution in [0.4, 0.5) is 5.13 Å². The summed E-state index contributed by atoms with van der Waals surface area (Å²) in [4.78, 5) is 16.3. The summed E-state index contributed by atoms with van der Waals surface area (Å²) in [5.41, 5.74) is 1.18. The van der Waals surface area contributed by atoms with Crippen LogP contribution in [-0.2, 0) is 21.4 Å². The van der Waals surface area contributed by atoms with E-state index < -0.39 is 15.4 Å². The van der Waals surface area contributed by atoms with Gasteiger partial charge in [-0.25, -0.2) is 8.42 Å². The van der Waals surface area contributed by atoms with Gasteiger partial charge in [-0.2, -0.15) is 9.29 Å². The van der Waals surface area contributed by atoms with Crippen molar-refractivity contribution < 1.29 is 17.7 Å². The fourth-order valence-electron chi connectivity index (χ4n) is 2.28. The van der Waals surface area contributed by atoms with Gasteiger partial charge < -0.3 is 9.84 Å². The largest absolute Gasteiger partial charge is 0.338 e. The van der Waals surface area contributed by atoms with Gasteiger partial charge in [0.2, 0.25) is 27.1 Å². The number of anilines is 1. The zero-order chi connectivity index (χ0) is 22.1. The Kier molecular flexibility index (Phi) is 6.01. The Morgan fingerprint density at radius 3 is 2.67 bits per heavy atom. The van der Waals surface area contributed by atoms with Crippen molar-refractivity contribution >= 4 is 32.4 Å². The first-order chi connectivity index (χ1) is 14.0. The average molecular weight is 451 g/mol. The summed E-state index contributed by atoms with van der Waals surface area (Å²) in [6, 6.07) is 7.58. The molecule has 12 heteroatoms. The topological polar surface area (TPSA) is 131 Å². The Balaban J connectivity index is 1.72. The van der Waals surface area contributed by atoms with E-state index in [1.54, 1.807) is 20.8 Å². The molecule has 0 aliphatic rings. The molecule has 30 heavy (non-hydrogen) atoms. The van der Waals surface area contributed by atoms with Gasteiger partial charge >= 0.3 is 0 Å². The Hall–Kier alpha value is -2.70. The maximum atomic E-state index is 12.8. The van der Waals surface area contributed by atoms with Crippen molar-refractivity contribution in [2.24, 2.45) is 5.41 Å². The number of nitrogens with one attached hydrogen (secondary N) is 1. The van der Waals surface area contributed by atoms with E-state index >= 15 is 0 Å². The normalized spacial score (nSPS) is 12.3. The highest BCUT2D eigenvalue weighted by molar-refractivity contribution is 7.91. The maximum Gasteiger partial charge on any atom is 0.272 e. The van der Waals surface area contributed by atoms with E-state index in [-0.39, 0.29) is 27.8 Å². The van der Waals surface area contributed by atoms with Crippen LogP contribution in [0, 0.1) is 12.3 Å². The molecular formula is C18H22N6O4S2. The van der Waals surface area contributed by atoms with E-state index in [1.807, 2.05) is 31.2 Å². The monoisotopic (exact) mass is 450 g/mol. The van der Waals surface area contributed by atoms with Crippen molar-refractivity contribution in [1.82, 2.24) is 24.6 Å². The summed E-state index contributed by atoms with van der Waals surface area (Å²) in [6.45, 7) is 7.04. The van der Waals surface area contributed by atoms with Gasteiger partial charge in [0.05, 0.1) is 6.54 Å². The van der Waals surface area contributed by atoms with Crippen molar-refractivity contribution in [2.75, 3.05) is 12.4 Å². The number of amides is 1. The second-order valence-corrected chi connectivity index (χ2v) is 10.9. The van der Waals surface area contributed by atoms with Crippen molar-refractivity contribution in [3.8, 4) is 11.4 Å². The molecule has 3 aromatic rings. The summed E-state index contributed by atoms with van der Waals surface area (Å²) in [6.07, 6.45) is 0. The number of rotatable bonds is 6. The van der Waals surface area contributed by atoms with Crippen LogP contribution in [0.15, 0.2) is 33.1 Å². The lowest BCUT2D eigenvalue weighted by molar-refractivity contribution is -0.123. The molecule has 2 aromatic heterocycles. The number of aromatic nitrogens is 4. The van der Waals surface area contributed by atoms with Crippen LogP contribution in [0.1, 0.15) is 32.2 Å². The highest BCUT2D eigenvalue weighted by Gasteiger charge is 2.29. The molecule has 0 bridgehead atoms. The molecule has 0 spiro atoms. The van der Waals surface area contributed by atoms with Crippen LogP contribution in [-0.4, -0.2) is 46.0 Å². The molecular weight excluding hydrogens is 428 g/mol. The molecule has 2 heterocycles. The molecule has 160 valence electrons. The maximum absolute atomic E-state index is 12.8. The molecule has 10 nitrogen and oxygen atoms in total. The van der Waals surface area contributed by atoms with Crippen LogP contribution in [0.2, 0.25) is 0 Å². The predicted molar refractivity (Wildman–Crippen MR) is 111 cm³/mol. The Bertz CT molecular complexity index is 1160. The number of carbonyl (C=O) groups excluding carboxylic acids is 1. The molecule has 0 saturated heterocycles. The lowest BCUT2D eigenvalue weighted by atomic mass is 9.96. The smallest absolute Gasteiger partial charge is 0.272 e. The lowest BCUT2D eigenvalue weighted by Gasteiger charge is -2.15. The number of nitrogens with zero attached hydrogens (tertiary/aromatic N) is 5. The Morgan fingerprint density at radius 2 is 2.00 bits per heavy atom. The third-order valence-corrected chi connectivity index (χ3v) is 7.03. The fraction of sp³-hybridized carbons (Fsp3) is 0.389. The van der Waals surface area contributed by atoms with E-state index in [4.69, 9.17) is 4.52 Å². The van der Waals surface area contributed by atoms with Crippen LogP contribution < -0.4 is 5.32 Å². The lowest BCUT2D eigenvalue weighted by Crippen LogP contribution is -2.27. The number of carbonyl (C=O) groups is 1. The number of benzene rings is 1. The third-order valence-electron chi connectivity index (χ3n) is 4.04. The number of hydrogen-bond donors (Lipinski definition) is 1. The molecule has 0 unspecified atom stereocenters. The zero-order valence-electron chi connectivity index (χ0n) is 17.2.